The van der Waals surface area contributed by atoms with E-state index in [4.69, 9.17) is 40.0 Å². The van der Waals surface area contributed by atoms with Crippen molar-refractivity contribution in [2.75, 3.05) is 0 Å². The molecule has 0 amide bonds. The maximum absolute atomic E-state index is 13.2. The fourth-order valence-electron chi connectivity index (χ4n) is 0.739. The molecule has 0 radical (unpaired) electrons. The molecule has 1 aromatic rings. The lowest BCUT2D eigenvalue weighted by atomic mass is 10.2. The molecule has 13 heavy (non-hydrogen) atoms. The van der Waals surface area contributed by atoms with Gasteiger partial charge in [0.15, 0.2) is 11.0 Å². The molecule has 0 unspecified atom stereocenters. The van der Waals surface area contributed by atoms with Gasteiger partial charge in [-0.05, 0) is 12.1 Å². The highest BCUT2D eigenvalue weighted by molar-refractivity contribution is 6.69. The monoisotopic (exact) mass is 241 g/mol. The zero-order chi connectivity index (χ0) is 10.0. The average Bonchev–Trinajstić information content (AvgIpc) is 2.13. The maximum Gasteiger partial charge on any atom is 0.178 e. The topological polar surface area (TPSA) is 32.6 Å². The van der Waals surface area contributed by atoms with Gasteiger partial charge in [0.05, 0.1) is 15.6 Å². The van der Waals surface area contributed by atoms with E-state index in [0.717, 1.165) is 0 Å². The second kappa shape index (κ2) is 4.13. The molecular formula is C7H3Cl3FNO. The van der Waals surface area contributed by atoms with E-state index in [1.807, 2.05) is 0 Å². The quantitative estimate of drug-likeness (QED) is 0.348. The van der Waals surface area contributed by atoms with Gasteiger partial charge in [-0.2, -0.15) is 0 Å². The van der Waals surface area contributed by atoms with Crippen molar-refractivity contribution in [1.82, 2.24) is 0 Å². The molecule has 1 N–H and O–H groups in total. The molecule has 0 atom stereocenters. The molecule has 2 nitrogen and oxygen atoms in total. The molecule has 6 heteroatoms. The molecule has 0 aromatic heterocycles. The van der Waals surface area contributed by atoms with Crippen LogP contribution >= 0.6 is 34.8 Å². The van der Waals surface area contributed by atoms with E-state index >= 15 is 0 Å². The Bertz CT molecular complexity index is 367. The molecule has 1 rings (SSSR count). The first-order chi connectivity index (χ1) is 6.07. The van der Waals surface area contributed by atoms with Gasteiger partial charge in [-0.1, -0.05) is 40.0 Å². The van der Waals surface area contributed by atoms with Crippen molar-refractivity contribution >= 4 is 40.0 Å². The fourth-order valence-corrected chi connectivity index (χ4v) is 1.20. The lowest BCUT2D eigenvalue weighted by molar-refractivity contribution is 0.320. The Balaban J connectivity index is 3.34. The molecule has 0 saturated heterocycles. The van der Waals surface area contributed by atoms with Crippen molar-refractivity contribution in [2.45, 2.75) is 0 Å². The summed E-state index contributed by atoms with van der Waals surface area (Å²) in [5, 5.41) is 10.4. The smallest absolute Gasteiger partial charge is 0.178 e. The zero-order valence-electron chi connectivity index (χ0n) is 6.06. The van der Waals surface area contributed by atoms with E-state index in [-0.39, 0.29) is 20.8 Å². The van der Waals surface area contributed by atoms with Crippen LogP contribution in [-0.4, -0.2) is 10.4 Å². The normalized spacial score (nSPS) is 11.8. The van der Waals surface area contributed by atoms with Crippen molar-refractivity contribution in [3.63, 3.8) is 0 Å². The fraction of sp³-hybridized carbons (Fsp3) is 0. The third kappa shape index (κ3) is 2.05. The second-order valence-electron chi connectivity index (χ2n) is 2.11. The van der Waals surface area contributed by atoms with Gasteiger partial charge in [-0.25, -0.2) is 4.39 Å². The summed E-state index contributed by atoms with van der Waals surface area (Å²) in [6.07, 6.45) is 0. The standard InChI is InChI=1S/C7H3Cl3FNO/c8-4-2-1-3(7(10)12-13)6(11)5(4)9/h1-2,13H/b12-7-. The summed E-state index contributed by atoms with van der Waals surface area (Å²) in [6.45, 7) is 0. The lowest BCUT2D eigenvalue weighted by Crippen LogP contribution is -1.96. The maximum atomic E-state index is 13.2. The van der Waals surface area contributed by atoms with Crippen molar-refractivity contribution in [1.29, 1.82) is 0 Å². The van der Waals surface area contributed by atoms with Gasteiger partial charge in [-0.3, -0.25) is 0 Å². The number of hydrogen-bond acceptors (Lipinski definition) is 2. The molecule has 0 aliphatic carbocycles. The molecule has 0 fully saturated rings. The van der Waals surface area contributed by atoms with Crippen LogP contribution in [0.1, 0.15) is 5.56 Å². The molecule has 0 saturated carbocycles. The molecule has 70 valence electrons. The van der Waals surface area contributed by atoms with Crippen molar-refractivity contribution in [2.24, 2.45) is 5.16 Å². The van der Waals surface area contributed by atoms with Gasteiger partial charge >= 0.3 is 0 Å². The third-order valence-corrected chi connectivity index (χ3v) is 2.41. The Morgan fingerprint density at radius 2 is 2.00 bits per heavy atom. The highest BCUT2D eigenvalue weighted by Gasteiger charge is 2.13. The van der Waals surface area contributed by atoms with E-state index < -0.39 is 5.82 Å². The van der Waals surface area contributed by atoms with Crippen LogP contribution in [-0.2, 0) is 0 Å². The minimum Gasteiger partial charge on any atom is -0.410 e. The van der Waals surface area contributed by atoms with Gasteiger partial charge in [0.25, 0.3) is 0 Å². The summed E-state index contributed by atoms with van der Waals surface area (Å²) >= 11 is 16.4. The average molecular weight is 242 g/mol. The summed E-state index contributed by atoms with van der Waals surface area (Å²) in [5.74, 6) is -0.808. The number of halogens is 4. The van der Waals surface area contributed by atoms with Crippen LogP contribution in [0.2, 0.25) is 10.0 Å². The Labute approximate surface area is 88.5 Å². The Morgan fingerprint density at radius 3 is 2.54 bits per heavy atom. The largest absolute Gasteiger partial charge is 0.410 e. The second-order valence-corrected chi connectivity index (χ2v) is 3.26. The zero-order valence-corrected chi connectivity index (χ0v) is 8.33. The Hall–Kier alpha value is -0.510. The minimum atomic E-state index is -0.808. The number of nitrogens with zero attached hydrogens (tertiary/aromatic N) is 1. The number of oxime groups is 1. The first-order valence-electron chi connectivity index (χ1n) is 3.09. The molecule has 0 heterocycles. The highest BCUT2D eigenvalue weighted by atomic mass is 35.5. The molecule has 1 aromatic carbocycles. The van der Waals surface area contributed by atoms with E-state index in [2.05, 4.69) is 5.16 Å². The van der Waals surface area contributed by atoms with Gasteiger partial charge in [-0.15, -0.1) is 0 Å². The van der Waals surface area contributed by atoms with Gasteiger partial charge in [0.2, 0.25) is 0 Å². The van der Waals surface area contributed by atoms with Crippen molar-refractivity contribution < 1.29 is 9.60 Å². The van der Waals surface area contributed by atoms with E-state index in [1.165, 1.54) is 12.1 Å². The van der Waals surface area contributed by atoms with Crippen LogP contribution in [0.25, 0.3) is 0 Å². The van der Waals surface area contributed by atoms with Gasteiger partial charge < -0.3 is 5.21 Å². The van der Waals surface area contributed by atoms with Crippen LogP contribution in [0.4, 0.5) is 4.39 Å². The lowest BCUT2D eigenvalue weighted by Gasteiger charge is -2.02. The number of rotatable bonds is 1. The van der Waals surface area contributed by atoms with E-state index in [1.54, 1.807) is 0 Å². The van der Waals surface area contributed by atoms with Crippen LogP contribution in [0, 0.1) is 5.82 Å². The number of hydrogen-bond donors (Lipinski definition) is 1. The van der Waals surface area contributed by atoms with Crippen molar-refractivity contribution in [3.05, 3.63) is 33.6 Å². The molecule has 0 bridgehead atoms. The summed E-state index contributed by atoms with van der Waals surface area (Å²) in [7, 11) is 0. The van der Waals surface area contributed by atoms with E-state index in [0.29, 0.717) is 0 Å². The van der Waals surface area contributed by atoms with Gasteiger partial charge in [0.1, 0.15) is 0 Å². The highest BCUT2D eigenvalue weighted by Crippen LogP contribution is 2.27. The van der Waals surface area contributed by atoms with E-state index in [9.17, 15) is 4.39 Å². The van der Waals surface area contributed by atoms with Crippen LogP contribution in [0.5, 0.6) is 0 Å². The molecule has 0 aliphatic heterocycles. The van der Waals surface area contributed by atoms with Gasteiger partial charge in [0, 0.05) is 0 Å². The summed E-state index contributed by atoms with van der Waals surface area (Å²) in [4.78, 5) is 0. The first kappa shape index (κ1) is 10.6. The van der Waals surface area contributed by atoms with Crippen molar-refractivity contribution in [3.8, 4) is 0 Å². The molecule has 0 aliphatic rings. The molecule has 0 spiro atoms. The summed E-state index contributed by atoms with van der Waals surface area (Å²) in [5.41, 5.74) is -0.0985. The third-order valence-electron chi connectivity index (χ3n) is 1.35. The SMILES string of the molecule is O/N=C(\Cl)c1ccc(Cl)c(Cl)c1F. The molecular weight excluding hydrogens is 239 g/mol. The number of benzene rings is 1. The Kier molecular flexibility index (Phi) is 3.36. The minimum absolute atomic E-state index is 0.0744. The summed E-state index contributed by atoms with van der Waals surface area (Å²) in [6, 6.07) is 2.63. The van der Waals surface area contributed by atoms with Crippen LogP contribution < -0.4 is 0 Å². The first-order valence-corrected chi connectivity index (χ1v) is 4.22. The Morgan fingerprint density at radius 1 is 1.38 bits per heavy atom. The summed E-state index contributed by atoms with van der Waals surface area (Å²) < 4.78 is 13.2. The van der Waals surface area contributed by atoms with Crippen LogP contribution in [0.15, 0.2) is 17.3 Å². The van der Waals surface area contributed by atoms with Crippen LogP contribution in [0.3, 0.4) is 0 Å². The predicted molar refractivity (Wildman–Crippen MR) is 50.6 cm³/mol. The predicted octanol–water partition coefficient (Wildman–Crippen LogP) is 3.51.